The van der Waals surface area contributed by atoms with Crippen LogP contribution in [0, 0.1) is 0 Å². The summed E-state index contributed by atoms with van der Waals surface area (Å²) in [5.41, 5.74) is 4.66. The van der Waals surface area contributed by atoms with E-state index in [0.717, 1.165) is 27.0 Å². The van der Waals surface area contributed by atoms with Crippen LogP contribution in [0.25, 0.3) is 62.6 Å². The Hall–Kier alpha value is -4.79. The summed E-state index contributed by atoms with van der Waals surface area (Å²) in [5.74, 6) is 0. The molecule has 0 saturated heterocycles. The van der Waals surface area contributed by atoms with Crippen LogP contribution < -0.4 is 15.9 Å². The molecular formula is C42H27OPS2. The smallest absolute Gasteiger partial charge is 0.171 e. The van der Waals surface area contributed by atoms with E-state index in [4.69, 9.17) is 0 Å². The third-order valence-corrected chi connectivity index (χ3v) is 14.3. The fraction of sp³-hybridized carbons (Fsp3) is 0. The highest BCUT2D eigenvalue weighted by Crippen LogP contribution is 2.44. The predicted octanol–water partition coefficient (Wildman–Crippen LogP) is 11.4. The standard InChI is InChI=1S/C42H27OPS2/c43-44(32-11-3-1-4-12-32,33-13-5-2-6-14-33)34-15-9-10-28(24-34)29-19-22-40-37(25-29)38-26-30(20-23-41(38)45-40)31-18-21-36-35-16-7-8-17-39(35)46-42(36)27-31/h1-27H. The Labute approximate surface area is 275 Å². The molecule has 0 bridgehead atoms. The second-order valence-electron chi connectivity index (χ2n) is 11.7. The van der Waals surface area contributed by atoms with Crippen molar-refractivity contribution in [2.45, 2.75) is 0 Å². The van der Waals surface area contributed by atoms with Gasteiger partial charge in [0.05, 0.1) is 0 Å². The summed E-state index contributed by atoms with van der Waals surface area (Å²) in [4.78, 5) is 0. The zero-order valence-corrected chi connectivity index (χ0v) is 27.3. The van der Waals surface area contributed by atoms with Gasteiger partial charge in [-0.1, -0.05) is 121 Å². The van der Waals surface area contributed by atoms with Crippen molar-refractivity contribution in [1.29, 1.82) is 0 Å². The van der Waals surface area contributed by atoms with Gasteiger partial charge in [0, 0.05) is 56.3 Å². The monoisotopic (exact) mass is 642 g/mol. The minimum absolute atomic E-state index is 0.844. The topological polar surface area (TPSA) is 17.1 Å². The van der Waals surface area contributed by atoms with Gasteiger partial charge in [-0.25, -0.2) is 0 Å². The summed E-state index contributed by atoms with van der Waals surface area (Å²) in [5, 5.41) is 7.71. The number of hydrogen-bond donors (Lipinski definition) is 0. The van der Waals surface area contributed by atoms with Crippen molar-refractivity contribution in [2.24, 2.45) is 0 Å². The SMILES string of the molecule is O=P(c1ccccc1)(c1ccccc1)c1cccc(-c2ccc3sc4ccc(-c5ccc6c(c5)sc5ccccc56)cc4c3c2)c1. The van der Waals surface area contributed by atoms with Crippen molar-refractivity contribution in [3.8, 4) is 22.3 Å². The van der Waals surface area contributed by atoms with Crippen molar-refractivity contribution in [2.75, 3.05) is 0 Å². The summed E-state index contributed by atoms with van der Waals surface area (Å²) in [6.07, 6.45) is 0. The summed E-state index contributed by atoms with van der Waals surface area (Å²) in [6, 6.07) is 57.2. The molecule has 0 aliphatic rings. The van der Waals surface area contributed by atoms with Gasteiger partial charge in [-0.2, -0.15) is 0 Å². The first-order chi connectivity index (χ1) is 22.6. The highest BCUT2D eigenvalue weighted by molar-refractivity contribution is 7.85. The Morgan fingerprint density at radius 1 is 0.326 bits per heavy atom. The highest BCUT2D eigenvalue weighted by Gasteiger charge is 2.29. The first kappa shape index (κ1) is 27.5. The second kappa shape index (κ2) is 10.9. The Balaban J connectivity index is 1.15. The molecule has 0 unspecified atom stereocenters. The van der Waals surface area contributed by atoms with Crippen LogP contribution in [0.4, 0.5) is 0 Å². The molecule has 0 spiro atoms. The fourth-order valence-corrected chi connectivity index (χ4v) is 11.6. The van der Waals surface area contributed by atoms with Crippen LogP contribution >= 0.6 is 29.8 Å². The van der Waals surface area contributed by atoms with Crippen molar-refractivity contribution in [3.05, 3.63) is 164 Å². The maximum Gasteiger partial charge on any atom is 0.171 e. The van der Waals surface area contributed by atoms with Gasteiger partial charge in [0.25, 0.3) is 0 Å². The summed E-state index contributed by atoms with van der Waals surface area (Å²) < 4.78 is 20.3. The van der Waals surface area contributed by atoms with Crippen molar-refractivity contribution in [1.82, 2.24) is 0 Å². The van der Waals surface area contributed by atoms with Crippen molar-refractivity contribution < 1.29 is 4.57 Å². The van der Waals surface area contributed by atoms with Crippen molar-refractivity contribution >= 4 is 86.1 Å². The third-order valence-electron chi connectivity index (χ3n) is 8.96. The van der Waals surface area contributed by atoms with Crippen LogP contribution in [0.15, 0.2) is 164 Å². The molecule has 0 aliphatic carbocycles. The van der Waals surface area contributed by atoms with Gasteiger partial charge in [-0.15, -0.1) is 22.7 Å². The maximum absolute atomic E-state index is 15.1. The van der Waals surface area contributed by atoms with E-state index in [9.17, 15) is 0 Å². The summed E-state index contributed by atoms with van der Waals surface area (Å²) >= 11 is 3.69. The van der Waals surface area contributed by atoms with E-state index in [1.807, 2.05) is 95.5 Å². The fourth-order valence-electron chi connectivity index (χ4n) is 6.65. The van der Waals surface area contributed by atoms with E-state index < -0.39 is 7.14 Å². The molecule has 0 aliphatic heterocycles. The third kappa shape index (κ3) is 4.47. The lowest BCUT2D eigenvalue weighted by atomic mass is 9.99. The molecule has 9 rings (SSSR count). The largest absolute Gasteiger partial charge is 0.309 e. The molecule has 0 fully saturated rings. The van der Waals surface area contributed by atoms with Gasteiger partial charge in [0.1, 0.15) is 0 Å². The van der Waals surface area contributed by atoms with Crippen LogP contribution in [-0.4, -0.2) is 0 Å². The molecule has 1 nitrogen and oxygen atoms in total. The van der Waals surface area contributed by atoms with E-state index in [1.54, 1.807) is 0 Å². The van der Waals surface area contributed by atoms with Crippen molar-refractivity contribution in [3.63, 3.8) is 0 Å². The van der Waals surface area contributed by atoms with E-state index in [-0.39, 0.29) is 0 Å². The number of fused-ring (bicyclic) bond motifs is 6. The predicted molar refractivity (Wildman–Crippen MR) is 202 cm³/mol. The Kier molecular flexibility index (Phi) is 6.54. The second-order valence-corrected chi connectivity index (χ2v) is 16.6. The quantitative estimate of drug-likeness (QED) is 0.171. The lowest BCUT2D eigenvalue weighted by Gasteiger charge is -2.20. The minimum Gasteiger partial charge on any atom is -0.309 e. The Bertz CT molecular complexity index is 2570. The van der Waals surface area contributed by atoms with Crippen LogP contribution in [0.1, 0.15) is 0 Å². The molecule has 46 heavy (non-hydrogen) atoms. The molecule has 7 aromatic carbocycles. The van der Waals surface area contributed by atoms with Gasteiger partial charge >= 0.3 is 0 Å². The maximum atomic E-state index is 15.1. The first-order valence-electron chi connectivity index (χ1n) is 15.4. The van der Waals surface area contributed by atoms with E-state index >= 15 is 4.57 Å². The van der Waals surface area contributed by atoms with Crippen LogP contribution in [0.5, 0.6) is 0 Å². The highest BCUT2D eigenvalue weighted by atomic mass is 32.1. The van der Waals surface area contributed by atoms with Crippen LogP contribution in [0.2, 0.25) is 0 Å². The number of thiophene rings is 2. The minimum atomic E-state index is -3.06. The molecule has 0 amide bonds. The molecule has 218 valence electrons. The molecule has 2 heterocycles. The molecule has 0 saturated carbocycles. The van der Waals surface area contributed by atoms with E-state index in [0.29, 0.717) is 0 Å². The lowest BCUT2D eigenvalue weighted by molar-refractivity contribution is 0.592. The summed E-state index contributed by atoms with van der Waals surface area (Å²) in [7, 11) is -3.06. The van der Waals surface area contributed by atoms with Gasteiger partial charge < -0.3 is 4.57 Å². The molecule has 0 N–H and O–H groups in total. The lowest BCUT2D eigenvalue weighted by Crippen LogP contribution is -2.25. The average molecular weight is 643 g/mol. The summed E-state index contributed by atoms with van der Waals surface area (Å²) in [6.45, 7) is 0. The first-order valence-corrected chi connectivity index (χ1v) is 18.7. The van der Waals surface area contributed by atoms with Crippen LogP contribution in [-0.2, 0) is 4.57 Å². The molecule has 0 radical (unpaired) electrons. The van der Waals surface area contributed by atoms with E-state index in [2.05, 4.69) is 91.0 Å². The zero-order chi connectivity index (χ0) is 30.7. The van der Waals surface area contributed by atoms with Gasteiger partial charge in [-0.3, -0.25) is 0 Å². The normalized spacial score (nSPS) is 12.0. The van der Waals surface area contributed by atoms with Gasteiger partial charge in [-0.05, 0) is 64.7 Å². The average Bonchev–Trinajstić information content (AvgIpc) is 3.69. The number of hydrogen-bond acceptors (Lipinski definition) is 3. The van der Waals surface area contributed by atoms with E-state index in [1.165, 1.54) is 51.5 Å². The Morgan fingerprint density at radius 3 is 1.48 bits per heavy atom. The molecule has 2 aromatic heterocycles. The molecule has 0 atom stereocenters. The molecule has 4 heteroatoms. The van der Waals surface area contributed by atoms with Crippen LogP contribution in [0.3, 0.4) is 0 Å². The molecule has 9 aromatic rings. The number of benzene rings is 7. The zero-order valence-electron chi connectivity index (χ0n) is 24.8. The molecular weight excluding hydrogens is 616 g/mol. The Morgan fingerprint density at radius 2 is 0.804 bits per heavy atom. The number of rotatable bonds is 5. The van der Waals surface area contributed by atoms with Gasteiger partial charge in [0.15, 0.2) is 7.14 Å². The van der Waals surface area contributed by atoms with Gasteiger partial charge in [0.2, 0.25) is 0 Å².